The summed E-state index contributed by atoms with van der Waals surface area (Å²) in [5.74, 6) is -0.159. The van der Waals surface area contributed by atoms with Crippen molar-refractivity contribution < 1.29 is 9.72 Å². The second-order valence-electron chi connectivity index (χ2n) is 2.51. The summed E-state index contributed by atoms with van der Waals surface area (Å²) < 4.78 is 2.52. The predicted molar refractivity (Wildman–Crippen MR) is 52.8 cm³/mol. The molecule has 1 aromatic rings. The van der Waals surface area contributed by atoms with Gasteiger partial charge in [-0.3, -0.25) is 19.6 Å². The lowest BCUT2D eigenvalue weighted by atomic mass is 10.3. The Bertz CT molecular complexity index is 350. The van der Waals surface area contributed by atoms with Crippen molar-refractivity contribution in [2.24, 2.45) is 0 Å². The second kappa shape index (κ2) is 4.61. The van der Waals surface area contributed by atoms with Crippen LogP contribution in [-0.2, 0) is 4.79 Å². The maximum Gasteiger partial charge on any atom is 0.269 e. The zero-order valence-electron chi connectivity index (χ0n) is 7.39. The van der Waals surface area contributed by atoms with E-state index in [4.69, 9.17) is 0 Å². The molecule has 0 bridgehead atoms. The molecule has 0 aliphatic rings. The van der Waals surface area contributed by atoms with E-state index in [1.165, 1.54) is 19.1 Å². The molecule has 1 aromatic carbocycles. The lowest BCUT2D eigenvalue weighted by Gasteiger charge is -1.99. The summed E-state index contributed by atoms with van der Waals surface area (Å²) in [6.07, 6.45) is 0. The number of carbonyl (C=O) groups excluding carboxylic acids is 1. The van der Waals surface area contributed by atoms with Crippen LogP contribution in [0.4, 0.5) is 5.69 Å². The van der Waals surface area contributed by atoms with Crippen LogP contribution < -0.4 is 4.72 Å². The van der Waals surface area contributed by atoms with Crippen molar-refractivity contribution in [3.05, 3.63) is 34.4 Å². The van der Waals surface area contributed by atoms with Crippen LogP contribution >= 0.6 is 11.9 Å². The van der Waals surface area contributed by atoms with Gasteiger partial charge in [0, 0.05) is 24.0 Å². The van der Waals surface area contributed by atoms with Crippen LogP contribution in [0.25, 0.3) is 0 Å². The first-order chi connectivity index (χ1) is 6.59. The summed E-state index contributed by atoms with van der Waals surface area (Å²) in [6.45, 7) is 1.40. The first-order valence-electron chi connectivity index (χ1n) is 3.77. The van der Waals surface area contributed by atoms with Gasteiger partial charge in [0.15, 0.2) is 0 Å². The van der Waals surface area contributed by atoms with E-state index in [1.807, 2.05) is 0 Å². The van der Waals surface area contributed by atoms with Crippen LogP contribution in [0.1, 0.15) is 6.92 Å². The molecule has 1 N–H and O–H groups in total. The third kappa shape index (κ3) is 3.06. The Hall–Kier alpha value is -1.56. The summed E-state index contributed by atoms with van der Waals surface area (Å²) >= 11 is 1.13. The quantitative estimate of drug-likeness (QED) is 0.470. The third-order valence-corrected chi connectivity index (χ3v) is 2.26. The second-order valence-corrected chi connectivity index (χ2v) is 3.39. The van der Waals surface area contributed by atoms with Gasteiger partial charge in [-0.2, -0.15) is 0 Å². The van der Waals surface area contributed by atoms with Gasteiger partial charge in [0.25, 0.3) is 5.69 Å². The minimum absolute atomic E-state index is 0.0391. The van der Waals surface area contributed by atoms with Crippen LogP contribution in [0, 0.1) is 10.1 Å². The number of carbonyl (C=O) groups is 1. The van der Waals surface area contributed by atoms with Crippen molar-refractivity contribution in [2.75, 3.05) is 0 Å². The molecule has 0 saturated heterocycles. The normalized spacial score (nSPS) is 9.50. The van der Waals surface area contributed by atoms with Gasteiger partial charge in [0.1, 0.15) is 0 Å². The molecule has 1 amide bonds. The van der Waals surface area contributed by atoms with Crippen molar-refractivity contribution in [2.45, 2.75) is 11.8 Å². The largest absolute Gasteiger partial charge is 0.296 e. The summed E-state index contributed by atoms with van der Waals surface area (Å²) in [5.41, 5.74) is 0.0391. The smallest absolute Gasteiger partial charge is 0.269 e. The highest BCUT2D eigenvalue weighted by Gasteiger charge is 2.04. The van der Waals surface area contributed by atoms with E-state index in [0.29, 0.717) is 0 Å². The highest BCUT2D eigenvalue weighted by molar-refractivity contribution is 7.98. The van der Waals surface area contributed by atoms with Gasteiger partial charge in [-0.15, -0.1) is 0 Å². The van der Waals surface area contributed by atoms with Crippen LogP contribution in [-0.4, -0.2) is 10.8 Å². The summed E-state index contributed by atoms with van der Waals surface area (Å²) in [5, 5.41) is 10.3. The molecule has 14 heavy (non-hydrogen) atoms. The fraction of sp³-hybridized carbons (Fsp3) is 0.125. The number of benzene rings is 1. The molecule has 5 nitrogen and oxygen atoms in total. The Balaban J connectivity index is 2.64. The van der Waals surface area contributed by atoms with Crippen LogP contribution in [0.3, 0.4) is 0 Å². The summed E-state index contributed by atoms with van der Waals surface area (Å²) in [7, 11) is 0. The fourth-order valence-corrected chi connectivity index (χ4v) is 1.30. The number of nitro benzene ring substituents is 1. The number of nitrogens with zero attached hydrogens (tertiary/aromatic N) is 1. The molecular formula is C8H8N2O3S. The van der Waals surface area contributed by atoms with E-state index >= 15 is 0 Å². The lowest BCUT2D eigenvalue weighted by Crippen LogP contribution is -2.09. The SMILES string of the molecule is CC(=O)NSc1ccc([N+](=O)[O-])cc1. The van der Waals surface area contributed by atoms with Crippen molar-refractivity contribution in [3.63, 3.8) is 0 Å². The fourth-order valence-electron chi connectivity index (χ4n) is 0.767. The molecule has 6 heteroatoms. The number of hydrogen-bond donors (Lipinski definition) is 1. The Kier molecular flexibility index (Phi) is 3.47. The van der Waals surface area contributed by atoms with Crippen LogP contribution in [0.5, 0.6) is 0 Å². The zero-order chi connectivity index (χ0) is 10.6. The average molecular weight is 212 g/mol. The molecule has 0 aromatic heterocycles. The van der Waals surface area contributed by atoms with E-state index in [9.17, 15) is 14.9 Å². The molecule has 0 aliphatic carbocycles. The molecule has 1 rings (SSSR count). The maximum atomic E-state index is 10.6. The van der Waals surface area contributed by atoms with Gasteiger partial charge in [-0.1, -0.05) is 0 Å². The first-order valence-corrected chi connectivity index (χ1v) is 4.59. The highest BCUT2D eigenvalue weighted by Crippen LogP contribution is 2.18. The number of nitro groups is 1. The van der Waals surface area contributed by atoms with Gasteiger partial charge in [0.2, 0.25) is 5.91 Å². The summed E-state index contributed by atoms with van der Waals surface area (Å²) in [6, 6.07) is 5.95. The lowest BCUT2D eigenvalue weighted by molar-refractivity contribution is -0.384. The van der Waals surface area contributed by atoms with Gasteiger partial charge in [0.05, 0.1) is 4.92 Å². The molecule has 74 valence electrons. The predicted octanol–water partition coefficient (Wildman–Crippen LogP) is 1.74. The Morgan fingerprint density at radius 1 is 1.43 bits per heavy atom. The molecule has 0 fully saturated rings. The van der Waals surface area contributed by atoms with E-state index in [1.54, 1.807) is 12.1 Å². The van der Waals surface area contributed by atoms with Crippen molar-refractivity contribution in [3.8, 4) is 0 Å². The number of hydrogen-bond acceptors (Lipinski definition) is 4. The maximum absolute atomic E-state index is 10.6. The number of amides is 1. The summed E-state index contributed by atoms with van der Waals surface area (Å²) in [4.78, 5) is 21.1. The van der Waals surface area contributed by atoms with E-state index in [0.717, 1.165) is 16.8 Å². The van der Waals surface area contributed by atoms with Gasteiger partial charge < -0.3 is 0 Å². The Morgan fingerprint density at radius 3 is 2.43 bits per heavy atom. The van der Waals surface area contributed by atoms with Crippen LogP contribution in [0.2, 0.25) is 0 Å². The van der Waals surface area contributed by atoms with E-state index in [2.05, 4.69) is 4.72 Å². The Labute approximate surface area is 84.8 Å². The van der Waals surface area contributed by atoms with Gasteiger partial charge in [-0.05, 0) is 24.1 Å². The highest BCUT2D eigenvalue weighted by atomic mass is 32.2. The monoisotopic (exact) mass is 212 g/mol. The third-order valence-electron chi connectivity index (χ3n) is 1.36. The molecule has 0 heterocycles. The molecule has 0 saturated carbocycles. The van der Waals surface area contributed by atoms with Crippen molar-refractivity contribution in [1.29, 1.82) is 0 Å². The molecule has 0 radical (unpaired) electrons. The standard InChI is InChI=1S/C8H8N2O3S/c1-6(11)9-14-8-4-2-7(3-5-8)10(12)13/h2-5H,1H3,(H,9,11). The molecular weight excluding hydrogens is 204 g/mol. The van der Waals surface area contributed by atoms with Gasteiger partial charge in [-0.25, -0.2) is 0 Å². The minimum atomic E-state index is -0.465. The van der Waals surface area contributed by atoms with E-state index in [-0.39, 0.29) is 11.6 Å². The molecule has 0 unspecified atom stereocenters. The number of rotatable bonds is 3. The van der Waals surface area contributed by atoms with Gasteiger partial charge >= 0.3 is 0 Å². The van der Waals surface area contributed by atoms with Crippen molar-refractivity contribution >= 4 is 23.5 Å². The molecule has 0 spiro atoms. The number of non-ortho nitro benzene ring substituents is 1. The van der Waals surface area contributed by atoms with Crippen LogP contribution in [0.15, 0.2) is 29.2 Å². The topological polar surface area (TPSA) is 72.2 Å². The minimum Gasteiger partial charge on any atom is -0.296 e. The number of nitrogens with one attached hydrogen (secondary N) is 1. The van der Waals surface area contributed by atoms with E-state index < -0.39 is 4.92 Å². The average Bonchev–Trinajstić information content (AvgIpc) is 2.15. The molecule has 0 aliphatic heterocycles. The zero-order valence-corrected chi connectivity index (χ0v) is 8.21. The first kappa shape index (κ1) is 10.5. The molecule has 0 atom stereocenters. The van der Waals surface area contributed by atoms with Crippen molar-refractivity contribution in [1.82, 2.24) is 4.72 Å². The Morgan fingerprint density at radius 2 is 2.00 bits per heavy atom.